The topological polar surface area (TPSA) is 97.0 Å². The summed E-state index contributed by atoms with van der Waals surface area (Å²) in [4.78, 5) is 20.9. The summed E-state index contributed by atoms with van der Waals surface area (Å²) in [6, 6.07) is 4.38. The molecule has 3 aromatic heterocycles. The van der Waals surface area contributed by atoms with Gasteiger partial charge in [0.15, 0.2) is 0 Å². The minimum absolute atomic E-state index is 0.217. The number of aromatic nitrogens is 6. The lowest BCUT2D eigenvalue weighted by atomic mass is 10.0. The second-order valence-electron chi connectivity index (χ2n) is 6.93. The molecule has 1 atom stereocenters. The Balaban J connectivity index is 1.77. The Hall–Kier alpha value is -3.82. The maximum atomic E-state index is 13.8. The van der Waals surface area contributed by atoms with Crippen molar-refractivity contribution in [1.82, 2.24) is 29.5 Å². The number of methoxy groups -OCH3 is 1. The summed E-state index contributed by atoms with van der Waals surface area (Å²) in [6.45, 7) is 5.83. The lowest BCUT2D eigenvalue weighted by molar-refractivity contribution is 0.0526. The molecule has 0 unspecified atom stereocenters. The number of halogens is 1. The van der Waals surface area contributed by atoms with Gasteiger partial charge in [-0.3, -0.25) is 4.68 Å². The highest BCUT2D eigenvalue weighted by molar-refractivity contribution is 5.88. The SMILES string of the molecule is CCOC(=O)c1cnn(-c2nc(OC)c3c(cnn3[C@@H](C)c3cc(F)ccc3C)n2)c1. The van der Waals surface area contributed by atoms with E-state index in [1.165, 1.54) is 36.3 Å². The fraction of sp³-hybridized carbons (Fsp3) is 0.286. The van der Waals surface area contributed by atoms with Crippen molar-refractivity contribution < 1.29 is 18.7 Å². The first-order valence-corrected chi connectivity index (χ1v) is 9.70. The van der Waals surface area contributed by atoms with Gasteiger partial charge in [0.2, 0.25) is 5.88 Å². The molecule has 0 spiro atoms. The van der Waals surface area contributed by atoms with Gasteiger partial charge < -0.3 is 9.47 Å². The minimum atomic E-state index is -0.478. The van der Waals surface area contributed by atoms with Gasteiger partial charge >= 0.3 is 5.97 Å². The van der Waals surface area contributed by atoms with Crippen molar-refractivity contribution in [2.45, 2.75) is 26.8 Å². The molecule has 0 amide bonds. The monoisotopic (exact) mass is 424 g/mol. The number of carbonyl (C=O) groups excluding carboxylic acids is 1. The van der Waals surface area contributed by atoms with E-state index in [1.54, 1.807) is 23.9 Å². The van der Waals surface area contributed by atoms with Crippen LogP contribution in [-0.4, -0.2) is 49.2 Å². The van der Waals surface area contributed by atoms with Gasteiger partial charge in [0, 0.05) is 6.20 Å². The molecule has 3 heterocycles. The quantitative estimate of drug-likeness (QED) is 0.438. The second kappa shape index (κ2) is 8.13. The third-order valence-electron chi connectivity index (χ3n) is 4.95. The molecule has 0 saturated carbocycles. The lowest BCUT2D eigenvalue weighted by Gasteiger charge is -2.17. The summed E-state index contributed by atoms with van der Waals surface area (Å²) < 4.78 is 27.4. The van der Waals surface area contributed by atoms with Crippen LogP contribution in [0.2, 0.25) is 0 Å². The Labute approximate surface area is 177 Å². The van der Waals surface area contributed by atoms with Crippen LogP contribution in [0.25, 0.3) is 17.0 Å². The first-order valence-electron chi connectivity index (χ1n) is 9.70. The van der Waals surface area contributed by atoms with Crippen LogP contribution >= 0.6 is 0 Å². The number of ether oxygens (including phenoxy) is 2. The number of esters is 1. The molecule has 0 radical (unpaired) electrons. The Morgan fingerprint density at radius 3 is 2.77 bits per heavy atom. The van der Waals surface area contributed by atoms with Gasteiger partial charge in [-0.25, -0.2) is 18.9 Å². The van der Waals surface area contributed by atoms with E-state index in [9.17, 15) is 9.18 Å². The van der Waals surface area contributed by atoms with Crippen molar-refractivity contribution in [2.24, 2.45) is 0 Å². The van der Waals surface area contributed by atoms with Gasteiger partial charge in [-0.05, 0) is 44.0 Å². The van der Waals surface area contributed by atoms with Gasteiger partial charge in [0.1, 0.15) is 16.9 Å². The zero-order valence-corrected chi connectivity index (χ0v) is 17.5. The molecule has 4 rings (SSSR count). The molecule has 0 N–H and O–H groups in total. The van der Waals surface area contributed by atoms with Crippen LogP contribution in [0.4, 0.5) is 4.39 Å². The van der Waals surface area contributed by atoms with Gasteiger partial charge in [-0.15, -0.1) is 0 Å². The average Bonchev–Trinajstić information content (AvgIpc) is 3.42. The van der Waals surface area contributed by atoms with Crippen molar-refractivity contribution in [3.8, 4) is 11.8 Å². The second-order valence-corrected chi connectivity index (χ2v) is 6.93. The van der Waals surface area contributed by atoms with Crippen LogP contribution in [0, 0.1) is 12.7 Å². The summed E-state index contributed by atoms with van der Waals surface area (Å²) >= 11 is 0. The molecule has 31 heavy (non-hydrogen) atoms. The van der Waals surface area contributed by atoms with Crippen LogP contribution in [-0.2, 0) is 4.74 Å². The highest BCUT2D eigenvalue weighted by Crippen LogP contribution is 2.30. The summed E-state index contributed by atoms with van der Waals surface area (Å²) in [7, 11) is 1.49. The molecule has 4 aromatic rings. The van der Waals surface area contributed by atoms with Crippen molar-refractivity contribution in [1.29, 1.82) is 0 Å². The predicted molar refractivity (Wildman–Crippen MR) is 110 cm³/mol. The van der Waals surface area contributed by atoms with E-state index in [1.807, 2.05) is 13.8 Å². The highest BCUT2D eigenvalue weighted by Gasteiger charge is 2.21. The Bertz CT molecular complexity index is 1270. The third-order valence-corrected chi connectivity index (χ3v) is 4.95. The molecule has 0 saturated heterocycles. The molecule has 0 aliphatic heterocycles. The number of aryl methyl sites for hydroxylation is 1. The zero-order chi connectivity index (χ0) is 22.1. The summed E-state index contributed by atoms with van der Waals surface area (Å²) in [5.74, 6) is -0.292. The molecule has 9 nitrogen and oxygen atoms in total. The smallest absolute Gasteiger partial charge is 0.341 e. The summed E-state index contributed by atoms with van der Waals surface area (Å²) in [5, 5.41) is 8.60. The molecule has 0 fully saturated rings. The summed E-state index contributed by atoms with van der Waals surface area (Å²) in [5.41, 5.74) is 3.12. The maximum absolute atomic E-state index is 13.8. The standard InChI is InChI=1S/C21H21FN6O3/c1-5-31-20(29)14-9-23-27(11-14)21-25-17-10-24-28(18(17)19(26-21)30-4)13(3)16-8-15(22)7-6-12(16)2/h6-11,13H,5H2,1-4H3/t13-/m0/s1. The normalized spacial score (nSPS) is 12.2. The minimum Gasteiger partial charge on any atom is -0.479 e. The fourth-order valence-electron chi connectivity index (χ4n) is 3.40. The number of nitrogens with zero attached hydrogens (tertiary/aromatic N) is 6. The molecular formula is C21H21FN6O3. The number of hydrogen-bond acceptors (Lipinski definition) is 7. The first-order chi connectivity index (χ1) is 14.9. The number of carbonyl (C=O) groups is 1. The van der Waals surface area contributed by atoms with E-state index in [-0.39, 0.29) is 35.9 Å². The van der Waals surface area contributed by atoms with E-state index in [0.29, 0.717) is 11.0 Å². The van der Waals surface area contributed by atoms with Gasteiger partial charge in [-0.2, -0.15) is 15.2 Å². The maximum Gasteiger partial charge on any atom is 0.341 e. The molecule has 160 valence electrons. The predicted octanol–water partition coefficient (Wildman–Crippen LogP) is 3.25. The number of hydrogen-bond donors (Lipinski definition) is 0. The van der Waals surface area contributed by atoms with E-state index >= 15 is 0 Å². The van der Waals surface area contributed by atoms with Crippen LogP contribution in [0.5, 0.6) is 5.88 Å². The van der Waals surface area contributed by atoms with E-state index < -0.39 is 5.97 Å². The van der Waals surface area contributed by atoms with Crippen molar-refractivity contribution in [3.05, 3.63) is 59.3 Å². The Morgan fingerprint density at radius 1 is 1.23 bits per heavy atom. The number of rotatable bonds is 6. The molecule has 10 heteroatoms. The molecular weight excluding hydrogens is 403 g/mol. The molecule has 0 aliphatic carbocycles. The molecule has 0 aliphatic rings. The fourth-order valence-corrected chi connectivity index (χ4v) is 3.40. The van der Waals surface area contributed by atoms with E-state index in [4.69, 9.17) is 9.47 Å². The highest BCUT2D eigenvalue weighted by atomic mass is 19.1. The van der Waals surface area contributed by atoms with Crippen LogP contribution < -0.4 is 4.74 Å². The molecule has 0 bridgehead atoms. The van der Waals surface area contributed by atoms with Crippen molar-refractivity contribution in [2.75, 3.05) is 13.7 Å². The van der Waals surface area contributed by atoms with Gasteiger partial charge in [-0.1, -0.05) is 6.07 Å². The third kappa shape index (κ3) is 3.72. The van der Waals surface area contributed by atoms with Crippen molar-refractivity contribution in [3.63, 3.8) is 0 Å². The van der Waals surface area contributed by atoms with Crippen LogP contribution in [0.1, 0.15) is 41.4 Å². The number of fused-ring (bicyclic) bond motifs is 1. The van der Waals surface area contributed by atoms with Crippen LogP contribution in [0.3, 0.4) is 0 Å². The first kappa shape index (κ1) is 20.5. The van der Waals surface area contributed by atoms with Gasteiger partial charge in [0.25, 0.3) is 5.95 Å². The zero-order valence-electron chi connectivity index (χ0n) is 17.5. The van der Waals surface area contributed by atoms with E-state index in [2.05, 4.69) is 20.2 Å². The Kier molecular flexibility index (Phi) is 5.37. The Morgan fingerprint density at radius 2 is 2.03 bits per heavy atom. The van der Waals surface area contributed by atoms with Crippen LogP contribution in [0.15, 0.2) is 36.8 Å². The lowest BCUT2D eigenvalue weighted by Crippen LogP contribution is -2.12. The number of benzene rings is 1. The summed E-state index contributed by atoms with van der Waals surface area (Å²) in [6.07, 6.45) is 4.46. The molecule has 1 aromatic carbocycles. The van der Waals surface area contributed by atoms with E-state index in [0.717, 1.165) is 11.1 Å². The largest absolute Gasteiger partial charge is 0.479 e. The van der Waals surface area contributed by atoms with Crippen molar-refractivity contribution >= 4 is 17.0 Å². The van der Waals surface area contributed by atoms with Gasteiger partial charge in [0.05, 0.1) is 37.7 Å². The average molecular weight is 424 g/mol.